The predicted molar refractivity (Wildman–Crippen MR) is 117 cm³/mol. The van der Waals surface area contributed by atoms with Gasteiger partial charge < -0.3 is 9.47 Å². The molecule has 2 aromatic rings. The van der Waals surface area contributed by atoms with Gasteiger partial charge in [-0.25, -0.2) is 9.78 Å². The number of anilines is 1. The lowest BCUT2D eigenvalue weighted by molar-refractivity contribution is -0.120. The summed E-state index contributed by atoms with van der Waals surface area (Å²) in [4.78, 5) is 32.5. The molecule has 0 atom stereocenters. The fourth-order valence-electron chi connectivity index (χ4n) is 5.60. The highest BCUT2D eigenvalue weighted by Crippen LogP contribution is 2.48. The van der Waals surface area contributed by atoms with Crippen LogP contribution in [0.25, 0.3) is 11.0 Å². The Hall–Kier alpha value is -2.41. The van der Waals surface area contributed by atoms with Crippen LogP contribution in [0.15, 0.2) is 18.5 Å². The molecule has 2 aromatic heterocycles. The van der Waals surface area contributed by atoms with Gasteiger partial charge in [0.1, 0.15) is 5.65 Å². The van der Waals surface area contributed by atoms with Gasteiger partial charge in [0, 0.05) is 30.6 Å². The molecule has 3 fully saturated rings. The Kier molecular flexibility index (Phi) is 4.81. The molecular weight excluding hydrogens is 378 g/mol. The van der Waals surface area contributed by atoms with Crippen LogP contribution >= 0.6 is 0 Å². The lowest BCUT2D eigenvalue weighted by Crippen LogP contribution is -2.49. The van der Waals surface area contributed by atoms with E-state index in [4.69, 9.17) is 4.98 Å². The maximum atomic E-state index is 12.2. The van der Waals surface area contributed by atoms with Gasteiger partial charge in [0.25, 0.3) is 0 Å². The van der Waals surface area contributed by atoms with Crippen molar-refractivity contribution in [1.82, 2.24) is 19.8 Å². The predicted octanol–water partition coefficient (Wildman–Crippen LogP) is 3.62. The van der Waals surface area contributed by atoms with E-state index in [1.54, 1.807) is 11.1 Å². The molecule has 1 N–H and O–H groups in total. The van der Waals surface area contributed by atoms with Gasteiger partial charge in [0.15, 0.2) is 0 Å². The first-order chi connectivity index (χ1) is 14.4. The second kappa shape index (κ2) is 7.38. The molecule has 0 aromatic carbocycles. The van der Waals surface area contributed by atoms with Gasteiger partial charge in [-0.1, -0.05) is 0 Å². The minimum Gasteiger partial charge on any atom is -0.329 e. The van der Waals surface area contributed by atoms with Crippen LogP contribution in [-0.2, 0) is 4.79 Å². The van der Waals surface area contributed by atoms with Crippen LogP contribution in [0.2, 0.25) is 0 Å². The number of rotatable bonds is 2. The van der Waals surface area contributed by atoms with Crippen molar-refractivity contribution >= 4 is 28.7 Å². The van der Waals surface area contributed by atoms with E-state index in [-0.39, 0.29) is 11.9 Å². The molecule has 4 heterocycles. The number of aryl methyl sites for hydroxylation is 1. The fourth-order valence-corrected chi connectivity index (χ4v) is 5.60. The number of pyridine rings is 1. The average Bonchev–Trinajstić information content (AvgIpc) is 3.07. The summed E-state index contributed by atoms with van der Waals surface area (Å²) in [6.45, 7) is 4.98. The number of nitrogens with one attached hydrogen (secondary N) is 1. The summed E-state index contributed by atoms with van der Waals surface area (Å²) in [7, 11) is 2.23. The number of carbonyl (C=O) groups is 2. The SMILES string of the molecule is Cc1cn(C2CCC3(CC2)CCN(C)CC3)c2ncc(N3CCC(=O)NC3=O)cc12. The van der Waals surface area contributed by atoms with Crippen molar-refractivity contribution in [3.8, 4) is 0 Å². The molecule has 3 aliphatic rings. The Balaban J connectivity index is 1.36. The minimum absolute atomic E-state index is 0.215. The maximum Gasteiger partial charge on any atom is 0.328 e. The van der Waals surface area contributed by atoms with Crippen molar-refractivity contribution in [3.63, 3.8) is 0 Å². The van der Waals surface area contributed by atoms with Gasteiger partial charge in [-0.05, 0) is 82.6 Å². The van der Waals surface area contributed by atoms with Crippen LogP contribution in [0, 0.1) is 12.3 Å². The highest BCUT2D eigenvalue weighted by atomic mass is 16.2. The highest BCUT2D eigenvalue weighted by molar-refractivity contribution is 6.06. The molecule has 3 amide bonds. The number of amides is 3. The number of hydrogen-bond donors (Lipinski definition) is 1. The van der Waals surface area contributed by atoms with Crippen molar-refractivity contribution in [2.45, 2.75) is 57.9 Å². The average molecular weight is 410 g/mol. The van der Waals surface area contributed by atoms with Crippen molar-refractivity contribution in [2.24, 2.45) is 5.41 Å². The second-order valence-corrected chi connectivity index (χ2v) is 9.57. The van der Waals surface area contributed by atoms with E-state index in [2.05, 4.69) is 35.0 Å². The van der Waals surface area contributed by atoms with E-state index in [0.717, 1.165) is 16.7 Å². The van der Waals surface area contributed by atoms with E-state index < -0.39 is 0 Å². The summed E-state index contributed by atoms with van der Waals surface area (Å²) in [5, 5.41) is 3.48. The second-order valence-electron chi connectivity index (χ2n) is 9.57. The monoisotopic (exact) mass is 409 g/mol. The van der Waals surface area contributed by atoms with E-state index >= 15 is 0 Å². The summed E-state index contributed by atoms with van der Waals surface area (Å²) < 4.78 is 2.37. The van der Waals surface area contributed by atoms with Gasteiger partial charge in [0.2, 0.25) is 5.91 Å². The molecule has 30 heavy (non-hydrogen) atoms. The first-order valence-corrected chi connectivity index (χ1v) is 11.2. The van der Waals surface area contributed by atoms with E-state index in [0.29, 0.717) is 24.4 Å². The maximum absolute atomic E-state index is 12.2. The first-order valence-electron chi connectivity index (χ1n) is 11.2. The molecule has 2 aliphatic heterocycles. The summed E-state index contributed by atoms with van der Waals surface area (Å²) >= 11 is 0. The third-order valence-corrected chi connectivity index (χ3v) is 7.68. The van der Waals surface area contributed by atoms with Gasteiger partial charge in [-0.15, -0.1) is 0 Å². The number of imide groups is 1. The van der Waals surface area contributed by atoms with Crippen molar-refractivity contribution < 1.29 is 9.59 Å². The number of piperidine rings is 1. The summed E-state index contributed by atoms with van der Waals surface area (Å²) in [6.07, 6.45) is 12.1. The minimum atomic E-state index is -0.361. The Morgan fingerprint density at radius 1 is 1.10 bits per heavy atom. The molecule has 2 saturated heterocycles. The van der Waals surface area contributed by atoms with Crippen molar-refractivity contribution in [1.29, 1.82) is 0 Å². The molecule has 160 valence electrons. The van der Waals surface area contributed by atoms with Gasteiger partial charge in [-0.2, -0.15) is 0 Å². The normalized spacial score (nSPS) is 23.3. The molecule has 0 radical (unpaired) electrons. The molecule has 0 unspecified atom stereocenters. The van der Waals surface area contributed by atoms with Crippen molar-refractivity contribution in [2.75, 3.05) is 31.6 Å². The van der Waals surface area contributed by atoms with E-state index in [1.807, 2.05) is 6.07 Å². The zero-order valence-corrected chi connectivity index (χ0v) is 18.0. The van der Waals surface area contributed by atoms with Gasteiger partial charge in [0.05, 0.1) is 11.9 Å². The standard InChI is InChI=1S/C23H31N5O2/c1-16-15-28(17-3-6-23(7-4-17)8-11-26(2)12-9-23)21-19(16)13-18(14-24-21)27-10-5-20(29)25-22(27)30/h13-15,17H,3-12H2,1-2H3,(H,25,29,30). The number of fused-ring (bicyclic) bond motifs is 1. The molecule has 1 aliphatic carbocycles. The number of urea groups is 1. The van der Waals surface area contributed by atoms with Gasteiger partial charge in [-0.3, -0.25) is 15.0 Å². The van der Waals surface area contributed by atoms with Crippen LogP contribution in [-0.4, -0.2) is 53.1 Å². The van der Waals surface area contributed by atoms with Crippen LogP contribution in [0.1, 0.15) is 56.6 Å². The zero-order valence-electron chi connectivity index (χ0n) is 18.0. The highest BCUT2D eigenvalue weighted by Gasteiger charge is 2.38. The molecule has 7 nitrogen and oxygen atoms in total. The number of aromatic nitrogens is 2. The first kappa shape index (κ1) is 19.5. The number of hydrogen-bond acceptors (Lipinski definition) is 4. The fraction of sp³-hybridized carbons (Fsp3) is 0.609. The Labute approximate surface area is 177 Å². The third-order valence-electron chi connectivity index (χ3n) is 7.68. The van der Waals surface area contributed by atoms with Crippen LogP contribution in [0.4, 0.5) is 10.5 Å². The topological polar surface area (TPSA) is 70.5 Å². The zero-order chi connectivity index (χ0) is 20.9. The van der Waals surface area contributed by atoms with Gasteiger partial charge >= 0.3 is 6.03 Å². The van der Waals surface area contributed by atoms with E-state index in [9.17, 15) is 9.59 Å². The number of nitrogens with zero attached hydrogens (tertiary/aromatic N) is 4. The quantitative estimate of drug-likeness (QED) is 0.822. The lowest BCUT2D eigenvalue weighted by Gasteiger charge is -2.45. The number of likely N-dealkylation sites (tertiary alicyclic amines) is 1. The molecule has 7 heteroatoms. The van der Waals surface area contributed by atoms with Crippen LogP contribution in [0.3, 0.4) is 0 Å². The smallest absolute Gasteiger partial charge is 0.328 e. The third kappa shape index (κ3) is 3.39. The van der Waals surface area contributed by atoms with Crippen LogP contribution < -0.4 is 10.2 Å². The molecule has 1 spiro atoms. The van der Waals surface area contributed by atoms with Crippen LogP contribution in [0.5, 0.6) is 0 Å². The number of carbonyl (C=O) groups excluding carboxylic acids is 2. The largest absolute Gasteiger partial charge is 0.329 e. The summed E-state index contributed by atoms with van der Waals surface area (Å²) in [5.74, 6) is -0.215. The Morgan fingerprint density at radius 2 is 1.83 bits per heavy atom. The molecule has 1 saturated carbocycles. The molecule has 5 rings (SSSR count). The molecule has 0 bridgehead atoms. The lowest BCUT2D eigenvalue weighted by atomic mass is 9.67. The van der Waals surface area contributed by atoms with E-state index in [1.165, 1.54) is 57.2 Å². The Bertz CT molecular complexity index is 979. The summed E-state index contributed by atoms with van der Waals surface area (Å²) in [5.41, 5.74) is 3.50. The van der Waals surface area contributed by atoms with Crippen molar-refractivity contribution in [3.05, 3.63) is 24.0 Å². The Morgan fingerprint density at radius 3 is 2.53 bits per heavy atom. The molecular formula is C23H31N5O2. The summed E-state index contributed by atoms with van der Waals surface area (Å²) in [6, 6.07) is 2.19.